The summed E-state index contributed by atoms with van der Waals surface area (Å²) in [6.45, 7) is 1.99. The molecular weight excluding hydrogens is 356 g/mol. The molecule has 1 aliphatic carbocycles. The third-order valence-corrected chi connectivity index (χ3v) is 5.46. The van der Waals surface area contributed by atoms with Gasteiger partial charge in [-0.3, -0.25) is 4.79 Å². The van der Waals surface area contributed by atoms with Crippen LogP contribution in [0.4, 0.5) is 11.4 Å². The van der Waals surface area contributed by atoms with Crippen molar-refractivity contribution in [3.63, 3.8) is 0 Å². The third-order valence-electron chi connectivity index (χ3n) is 4.64. The molecule has 1 saturated carbocycles. The van der Waals surface area contributed by atoms with E-state index in [1.54, 1.807) is 23.6 Å². The lowest BCUT2D eigenvalue weighted by Crippen LogP contribution is -2.27. The number of nitrogens with zero attached hydrogens (tertiary/aromatic N) is 1. The highest BCUT2D eigenvalue weighted by Gasteiger charge is 2.24. The van der Waals surface area contributed by atoms with E-state index >= 15 is 0 Å². The Hall–Kier alpha value is -2.86. The second-order valence-electron chi connectivity index (χ2n) is 6.88. The normalized spacial score (nSPS) is 14.6. The summed E-state index contributed by atoms with van der Waals surface area (Å²) >= 11 is 1.60. The Morgan fingerprint density at radius 2 is 2.11 bits per heavy atom. The van der Waals surface area contributed by atoms with E-state index in [1.165, 1.54) is 0 Å². The molecule has 2 aromatic carbocycles. The Labute approximate surface area is 162 Å². The predicted octanol–water partition coefficient (Wildman–Crippen LogP) is 4.46. The lowest BCUT2D eigenvalue weighted by molar-refractivity contribution is 0.0940. The monoisotopic (exact) mass is 378 g/mol. The molecule has 5 nitrogen and oxygen atoms in total. The smallest absolute Gasteiger partial charge is 0.253 e. The molecule has 1 aliphatic rings. The van der Waals surface area contributed by atoms with Crippen LogP contribution in [0.3, 0.4) is 0 Å². The van der Waals surface area contributed by atoms with Gasteiger partial charge in [0.15, 0.2) is 0 Å². The van der Waals surface area contributed by atoms with Gasteiger partial charge >= 0.3 is 0 Å². The first-order valence-corrected chi connectivity index (χ1v) is 9.95. The average molecular weight is 379 g/mol. The van der Waals surface area contributed by atoms with Gasteiger partial charge in [-0.15, -0.1) is 11.3 Å². The van der Waals surface area contributed by atoms with Crippen molar-refractivity contribution in [2.45, 2.75) is 31.8 Å². The molecule has 1 fully saturated rings. The number of anilines is 2. The van der Waals surface area contributed by atoms with Gasteiger partial charge in [0.25, 0.3) is 5.91 Å². The molecule has 0 saturated heterocycles. The fraction of sp³-hybridized carbons (Fsp3) is 0.238. The van der Waals surface area contributed by atoms with Gasteiger partial charge in [0.2, 0.25) is 0 Å². The predicted molar refractivity (Wildman–Crippen MR) is 111 cm³/mol. The van der Waals surface area contributed by atoms with Crippen molar-refractivity contribution in [3.05, 3.63) is 65.2 Å². The molecule has 3 aromatic rings. The zero-order chi connectivity index (χ0) is 18.8. The van der Waals surface area contributed by atoms with Crippen molar-refractivity contribution < 1.29 is 4.79 Å². The molecule has 1 aromatic heterocycles. The SMILES string of the molecule is CC(NC(=O)c1cc(N)ccc1NC1CC1)c1cccc(-c2nccs2)c1. The van der Waals surface area contributed by atoms with E-state index in [2.05, 4.69) is 21.7 Å². The topological polar surface area (TPSA) is 80.0 Å². The van der Waals surface area contributed by atoms with Crippen LogP contribution in [0.1, 0.15) is 41.7 Å². The first kappa shape index (κ1) is 17.5. The van der Waals surface area contributed by atoms with Gasteiger partial charge in [-0.1, -0.05) is 18.2 Å². The number of rotatable bonds is 6. The minimum atomic E-state index is -0.132. The van der Waals surface area contributed by atoms with Gasteiger partial charge in [-0.2, -0.15) is 0 Å². The van der Waals surface area contributed by atoms with Gasteiger partial charge in [0.1, 0.15) is 5.01 Å². The summed E-state index contributed by atoms with van der Waals surface area (Å²) in [5.41, 5.74) is 10.0. The van der Waals surface area contributed by atoms with Crippen molar-refractivity contribution >= 4 is 28.6 Å². The number of nitrogens with one attached hydrogen (secondary N) is 2. The van der Waals surface area contributed by atoms with Crippen molar-refractivity contribution in [2.75, 3.05) is 11.1 Å². The Morgan fingerprint density at radius 3 is 2.85 bits per heavy atom. The van der Waals surface area contributed by atoms with Crippen LogP contribution in [0.15, 0.2) is 54.0 Å². The van der Waals surface area contributed by atoms with Gasteiger partial charge in [-0.05, 0) is 49.6 Å². The van der Waals surface area contributed by atoms with Crippen LogP contribution in [0.2, 0.25) is 0 Å². The summed E-state index contributed by atoms with van der Waals surface area (Å²) in [4.78, 5) is 17.3. The Bertz CT molecular complexity index is 951. The molecular formula is C21H22N4OS. The molecule has 0 spiro atoms. The molecule has 4 N–H and O–H groups in total. The van der Waals surface area contributed by atoms with Crippen molar-refractivity contribution in [3.8, 4) is 10.6 Å². The molecule has 27 heavy (non-hydrogen) atoms. The molecule has 1 heterocycles. The van der Waals surface area contributed by atoms with Crippen LogP contribution in [0.25, 0.3) is 10.6 Å². The zero-order valence-corrected chi connectivity index (χ0v) is 15.9. The lowest BCUT2D eigenvalue weighted by atomic mass is 10.0. The van der Waals surface area contributed by atoms with Gasteiger partial charge < -0.3 is 16.4 Å². The first-order chi connectivity index (χ1) is 13.1. The van der Waals surface area contributed by atoms with E-state index in [1.807, 2.05) is 42.6 Å². The Balaban J connectivity index is 1.53. The van der Waals surface area contributed by atoms with E-state index in [0.29, 0.717) is 17.3 Å². The van der Waals surface area contributed by atoms with E-state index < -0.39 is 0 Å². The Morgan fingerprint density at radius 1 is 1.26 bits per heavy atom. The number of carbonyl (C=O) groups excluding carboxylic acids is 1. The van der Waals surface area contributed by atoms with E-state index in [9.17, 15) is 4.79 Å². The van der Waals surface area contributed by atoms with Crippen LogP contribution in [0.5, 0.6) is 0 Å². The third kappa shape index (κ3) is 4.11. The quantitative estimate of drug-likeness (QED) is 0.553. The van der Waals surface area contributed by atoms with Crippen LogP contribution < -0.4 is 16.4 Å². The molecule has 1 atom stereocenters. The number of hydrogen-bond acceptors (Lipinski definition) is 5. The van der Waals surface area contributed by atoms with Gasteiger partial charge in [0.05, 0.1) is 11.6 Å². The summed E-state index contributed by atoms with van der Waals surface area (Å²) in [6.07, 6.45) is 4.09. The first-order valence-electron chi connectivity index (χ1n) is 9.07. The Kier molecular flexibility index (Phi) is 4.81. The highest BCUT2D eigenvalue weighted by molar-refractivity contribution is 7.13. The van der Waals surface area contributed by atoms with Crippen LogP contribution in [-0.2, 0) is 0 Å². The zero-order valence-electron chi connectivity index (χ0n) is 15.1. The summed E-state index contributed by atoms with van der Waals surface area (Å²) in [7, 11) is 0. The second-order valence-corrected chi connectivity index (χ2v) is 7.78. The molecule has 1 unspecified atom stereocenters. The van der Waals surface area contributed by atoms with Crippen LogP contribution in [-0.4, -0.2) is 16.9 Å². The molecule has 6 heteroatoms. The largest absolute Gasteiger partial charge is 0.399 e. The molecule has 0 bridgehead atoms. The number of hydrogen-bond donors (Lipinski definition) is 3. The fourth-order valence-electron chi connectivity index (χ4n) is 2.99. The maximum Gasteiger partial charge on any atom is 0.253 e. The molecule has 4 rings (SSSR count). The molecule has 0 radical (unpaired) electrons. The second kappa shape index (κ2) is 7.40. The van der Waals surface area contributed by atoms with Crippen LogP contribution in [0, 0.1) is 0 Å². The number of nitrogens with two attached hydrogens (primary N) is 1. The van der Waals surface area contributed by atoms with Crippen molar-refractivity contribution in [1.82, 2.24) is 10.3 Å². The highest BCUT2D eigenvalue weighted by atomic mass is 32.1. The minimum absolute atomic E-state index is 0.127. The number of nitrogen functional groups attached to an aromatic ring is 1. The number of thiazole rings is 1. The number of benzene rings is 2. The lowest BCUT2D eigenvalue weighted by Gasteiger charge is -2.17. The van der Waals surface area contributed by atoms with E-state index in [0.717, 1.165) is 34.7 Å². The van der Waals surface area contributed by atoms with Crippen molar-refractivity contribution in [2.24, 2.45) is 0 Å². The summed E-state index contributed by atoms with van der Waals surface area (Å²) < 4.78 is 0. The summed E-state index contributed by atoms with van der Waals surface area (Å²) in [5, 5.41) is 9.44. The van der Waals surface area contributed by atoms with E-state index in [-0.39, 0.29) is 11.9 Å². The number of aromatic nitrogens is 1. The molecule has 0 aliphatic heterocycles. The summed E-state index contributed by atoms with van der Waals surface area (Å²) in [6, 6.07) is 13.9. The number of carbonyl (C=O) groups is 1. The highest BCUT2D eigenvalue weighted by Crippen LogP contribution is 2.29. The minimum Gasteiger partial charge on any atom is -0.399 e. The number of amides is 1. The maximum atomic E-state index is 12.9. The summed E-state index contributed by atoms with van der Waals surface area (Å²) in [5.74, 6) is -0.127. The average Bonchev–Trinajstić information content (AvgIpc) is 3.31. The van der Waals surface area contributed by atoms with Crippen molar-refractivity contribution in [1.29, 1.82) is 0 Å². The molecule has 138 valence electrons. The fourth-order valence-corrected chi connectivity index (χ4v) is 3.62. The van der Waals surface area contributed by atoms with Gasteiger partial charge in [0, 0.05) is 34.6 Å². The maximum absolute atomic E-state index is 12.9. The molecule has 1 amide bonds. The standard InChI is InChI=1S/C21H22N4OS/c1-13(14-3-2-4-15(11-14)21-23-9-10-27-21)24-20(26)18-12-16(22)5-8-19(18)25-17-6-7-17/h2-5,8-13,17,25H,6-7,22H2,1H3,(H,24,26). The van der Waals surface area contributed by atoms with E-state index in [4.69, 9.17) is 5.73 Å². The van der Waals surface area contributed by atoms with Gasteiger partial charge in [-0.25, -0.2) is 4.98 Å². The van der Waals surface area contributed by atoms with Crippen LogP contribution >= 0.6 is 11.3 Å².